The van der Waals surface area contributed by atoms with Gasteiger partial charge in [-0.25, -0.2) is 0 Å². The number of alkyl halides is 1. The molecule has 0 aromatic carbocycles. The molecule has 0 heterocycles. The van der Waals surface area contributed by atoms with E-state index < -0.39 is 0 Å². The highest BCUT2D eigenvalue weighted by Crippen LogP contribution is 2.41. The molecule has 0 N–H and O–H groups in total. The van der Waals surface area contributed by atoms with Gasteiger partial charge >= 0.3 is 0 Å². The van der Waals surface area contributed by atoms with Crippen LogP contribution in [0.25, 0.3) is 0 Å². The molecule has 110 valence electrons. The van der Waals surface area contributed by atoms with Gasteiger partial charge < -0.3 is 9.53 Å². The third-order valence-corrected chi connectivity index (χ3v) is 6.81. The molecule has 4 heteroatoms. The van der Waals surface area contributed by atoms with Crippen molar-refractivity contribution in [3.8, 4) is 0 Å². The van der Waals surface area contributed by atoms with Crippen LogP contribution in [-0.4, -0.2) is 35.4 Å². The summed E-state index contributed by atoms with van der Waals surface area (Å²) in [6.07, 6.45) is 10.6. The molecule has 2 saturated carbocycles. The Kier molecular flexibility index (Phi) is 6.51. The Morgan fingerprint density at radius 3 is 2.74 bits per heavy atom. The summed E-state index contributed by atoms with van der Waals surface area (Å²) < 4.78 is 5.63. The molecule has 2 aliphatic carbocycles. The molecule has 0 aliphatic heterocycles. The number of halogens is 1. The first-order valence-electron chi connectivity index (χ1n) is 7.50. The number of carbonyl (C=O) groups excluding carboxylic acids is 1. The van der Waals surface area contributed by atoms with Crippen molar-refractivity contribution in [2.45, 2.75) is 73.3 Å². The van der Waals surface area contributed by atoms with Gasteiger partial charge in [0.15, 0.2) is 0 Å². The second-order valence-electron chi connectivity index (χ2n) is 5.85. The lowest BCUT2D eigenvalue weighted by Gasteiger charge is -2.37. The summed E-state index contributed by atoms with van der Waals surface area (Å²) in [4.78, 5) is 10.6. The van der Waals surface area contributed by atoms with Crippen LogP contribution in [0.3, 0.4) is 0 Å². The summed E-state index contributed by atoms with van der Waals surface area (Å²) in [5, 5.41) is 1.49. The first-order chi connectivity index (χ1) is 9.24. The van der Waals surface area contributed by atoms with Crippen molar-refractivity contribution in [1.29, 1.82) is 0 Å². The number of hydrogen-bond donors (Lipinski definition) is 0. The molecule has 2 fully saturated rings. The second kappa shape index (κ2) is 7.90. The molecule has 2 aliphatic rings. The maximum atomic E-state index is 10.6. The van der Waals surface area contributed by atoms with E-state index in [9.17, 15) is 4.79 Å². The Balaban J connectivity index is 1.81. The van der Waals surface area contributed by atoms with E-state index in [0.29, 0.717) is 28.9 Å². The predicted molar refractivity (Wildman–Crippen MR) is 82.1 cm³/mol. The quantitative estimate of drug-likeness (QED) is 0.566. The van der Waals surface area contributed by atoms with Gasteiger partial charge in [-0.15, -0.1) is 11.6 Å². The number of methoxy groups -OCH3 is 1. The third-order valence-electron chi connectivity index (χ3n) is 4.57. The minimum absolute atomic E-state index is 0.182. The van der Waals surface area contributed by atoms with E-state index in [4.69, 9.17) is 16.3 Å². The molecule has 2 nitrogen and oxygen atoms in total. The predicted octanol–water partition coefficient (Wildman–Crippen LogP) is 4.04. The summed E-state index contributed by atoms with van der Waals surface area (Å²) in [6, 6.07) is 0. The SMILES string of the molecule is COC1CCCCC1SC1CCC(CC=O)C(Cl)C1. The van der Waals surface area contributed by atoms with Gasteiger partial charge in [0.05, 0.1) is 6.10 Å². The fourth-order valence-corrected chi connectivity index (χ4v) is 5.75. The summed E-state index contributed by atoms with van der Waals surface area (Å²) in [5.41, 5.74) is 0. The van der Waals surface area contributed by atoms with Gasteiger partial charge in [-0.1, -0.05) is 12.8 Å². The third kappa shape index (κ3) is 4.37. The maximum Gasteiger partial charge on any atom is 0.120 e. The first kappa shape index (κ1) is 15.7. The van der Waals surface area contributed by atoms with E-state index in [1.54, 1.807) is 0 Å². The van der Waals surface area contributed by atoms with E-state index >= 15 is 0 Å². The van der Waals surface area contributed by atoms with Crippen molar-refractivity contribution in [3.63, 3.8) is 0 Å². The molecule has 2 rings (SSSR count). The number of carbonyl (C=O) groups is 1. The van der Waals surface area contributed by atoms with Crippen molar-refractivity contribution in [1.82, 2.24) is 0 Å². The topological polar surface area (TPSA) is 26.3 Å². The van der Waals surface area contributed by atoms with Gasteiger partial charge in [-0.2, -0.15) is 11.8 Å². The summed E-state index contributed by atoms with van der Waals surface area (Å²) in [5.74, 6) is 0.403. The fourth-order valence-electron chi connectivity index (χ4n) is 3.39. The standard InChI is InChI=1S/C15H25ClO2S/c1-18-14-4-2-3-5-15(14)19-12-7-6-11(8-9-17)13(16)10-12/h9,11-15H,2-8,10H2,1H3. The van der Waals surface area contributed by atoms with Crippen molar-refractivity contribution in [3.05, 3.63) is 0 Å². The lowest BCUT2D eigenvalue weighted by Crippen LogP contribution is -2.34. The van der Waals surface area contributed by atoms with E-state index in [1.165, 1.54) is 32.1 Å². The van der Waals surface area contributed by atoms with Gasteiger partial charge in [0.2, 0.25) is 0 Å². The minimum Gasteiger partial charge on any atom is -0.380 e. The first-order valence-corrected chi connectivity index (χ1v) is 8.88. The highest BCUT2D eigenvalue weighted by molar-refractivity contribution is 8.00. The van der Waals surface area contributed by atoms with Crippen molar-refractivity contribution >= 4 is 29.6 Å². The van der Waals surface area contributed by atoms with Gasteiger partial charge in [-0.3, -0.25) is 0 Å². The Morgan fingerprint density at radius 1 is 1.26 bits per heavy atom. The minimum atomic E-state index is 0.182. The van der Waals surface area contributed by atoms with Gasteiger partial charge in [-0.05, 0) is 38.0 Å². The summed E-state index contributed by atoms with van der Waals surface area (Å²) in [6.45, 7) is 0. The number of hydrogen-bond acceptors (Lipinski definition) is 3. The Bertz CT molecular complexity index is 287. The molecule has 0 radical (unpaired) electrons. The molecule has 0 aromatic rings. The highest BCUT2D eigenvalue weighted by atomic mass is 35.5. The van der Waals surface area contributed by atoms with Crippen LogP contribution in [0.1, 0.15) is 51.4 Å². The summed E-state index contributed by atoms with van der Waals surface area (Å²) >= 11 is 8.54. The molecule has 19 heavy (non-hydrogen) atoms. The molecule has 0 spiro atoms. The number of aldehydes is 1. The fraction of sp³-hybridized carbons (Fsp3) is 0.933. The van der Waals surface area contributed by atoms with Crippen LogP contribution in [0.5, 0.6) is 0 Å². The van der Waals surface area contributed by atoms with Crippen LogP contribution >= 0.6 is 23.4 Å². The lowest BCUT2D eigenvalue weighted by molar-refractivity contribution is -0.108. The molecular weight excluding hydrogens is 280 g/mol. The number of rotatable bonds is 5. The zero-order valence-electron chi connectivity index (χ0n) is 11.7. The number of ether oxygens (including phenoxy) is 1. The molecule has 0 amide bonds. The lowest BCUT2D eigenvalue weighted by atomic mass is 9.86. The Hall–Kier alpha value is 0.270. The van der Waals surface area contributed by atoms with Gasteiger partial charge in [0.25, 0.3) is 0 Å². The van der Waals surface area contributed by atoms with Crippen LogP contribution in [0.15, 0.2) is 0 Å². The van der Waals surface area contributed by atoms with Crippen LogP contribution in [0, 0.1) is 5.92 Å². The van der Waals surface area contributed by atoms with E-state index in [2.05, 4.69) is 11.8 Å². The Morgan fingerprint density at radius 2 is 2.05 bits per heavy atom. The molecule has 5 unspecified atom stereocenters. The largest absolute Gasteiger partial charge is 0.380 e. The second-order valence-corrected chi connectivity index (χ2v) is 7.95. The highest BCUT2D eigenvalue weighted by Gasteiger charge is 2.33. The molecule has 0 bridgehead atoms. The zero-order chi connectivity index (χ0) is 13.7. The van der Waals surface area contributed by atoms with Crippen molar-refractivity contribution in [2.75, 3.05) is 7.11 Å². The average molecular weight is 305 g/mol. The molecular formula is C15H25ClO2S. The van der Waals surface area contributed by atoms with Gasteiger partial charge in [0.1, 0.15) is 6.29 Å². The van der Waals surface area contributed by atoms with E-state index in [1.807, 2.05) is 7.11 Å². The average Bonchev–Trinajstić information content (AvgIpc) is 2.43. The van der Waals surface area contributed by atoms with Crippen LogP contribution in [0.2, 0.25) is 0 Å². The zero-order valence-corrected chi connectivity index (χ0v) is 13.3. The van der Waals surface area contributed by atoms with Crippen LogP contribution in [-0.2, 0) is 9.53 Å². The van der Waals surface area contributed by atoms with Gasteiger partial charge in [0, 0.05) is 29.4 Å². The molecule has 0 saturated heterocycles. The monoisotopic (exact) mass is 304 g/mol. The smallest absolute Gasteiger partial charge is 0.120 e. The van der Waals surface area contributed by atoms with Crippen molar-refractivity contribution in [2.24, 2.45) is 5.92 Å². The van der Waals surface area contributed by atoms with E-state index in [-0.39, 0.29) is 5.38 Å². The summed E-state index contributed by atoms with van der Waals surface area (Å²) in [7, 11) is 1.84. The van der Waals surface area contributed by atoms with Crippen molar-refractivity contribution < 1.29 is 9.53 Å². The van der Waals surface area contributed by atoms with Crippen LogP contribution in [0.4, 0.5) is 0 Å². The normalized spacial score (nSPS) is 40.0. The maximum absolute atomic E-state index is 10.6. The Labute approximate surface area is 126 Å². The number of thioether (sulfide) groups is 1. The van der Waals surface area contributed by atoms with E-state index in [0.717, 1.165) is 19.1 Å². The molecule has 5 atom stereocenters. The molecule has 0 aromatic heterocycles. The van der Waals surface area contributed by atoms with Crippen LogP contribution < -0.4 is 0 Å².